The third-order valence-electron chi connectivity index (χ3n) is 15.3. The van der Waals surface area contributed by atoms with Crippen molar-refractivity contribution < 1.29 is 9.32 Å². The normalized spacial score (nSPS) is 27.7. The Hall–Kier alpha value is -0.960. The summed E-state index contributed by atoms with van der Waals surface area (Å²) in [6.45, 7) is 0. The van der Waals surface area contributed by atoms with Gasteiger partial charge in [-0.05, 0) is 0 Å². The van der Waals surface area contributed by atoms with Gasteiger partial charge in [-0.15, -0.1) is 0 Å². The van der Waals surface area contributed by atoms with Crippen LogP contribution in [-0.2, 0) is 4.52 Å². The second-order valence-corrected chi connectivity index (χ2v) is 34.2. The van der Waals surface area contributed by atoms with Crippen molar-refractivity contribution in [3.05, 3.63) is 35.9 Å². The molecule has 70 heavy (non-hydrogen) atoms. The third-order valence-corrected chi connectivity index (χ3v) is 28.8. The molecule has 5 rings (SSSR count). The van der Waals surface area contributed by atoms with Crippen LogP contribution < -0.4 is 0 Å². The van der Waals surface area contributed by atoms with Crippen molar-refractivity contribution in [2.75, 3.05) is 194 Å². The first-order valence-electron chi connectivity index (χ1n) is 24.3. The van der Waals surface area contributed by atoms with Crippen LogP contribution in [0.4, 0.5) is 0 Å². The number of carbonyl (C=O) groups is 1. The van der Waals surface area contributed by atoms with E-state index in [2.05, 4.69) is 227 Å². The Morgan fingerprint density at radius 1 is 0.400 bits per heavy atom. The molecule has 4 heterocycles. The Balaban J connectivity index is 2.40. The van der Waals surface area contributed by atoms with Crippen molar-refractivity contribution in [1.29, 1.82) is 0 Å². The molecule has 4 atom stereocenters. The maximum atomic E-state index is 16.2. The van der Waals surface area contributed by atoms with Gasteiger partial charge >= 0.3 is 432 Å². The molecule has 23 heteroatoms. The first-order valence-corrected chi connectivity index (χ1v) is 32.2. The van der Waals surface area contributed by atoms with Crippen LogP contribution in [0.1, 0.15) is 36.0 Å². The van der Waals surface area contributed by atoms with Crippen molar-refractivity contribution in [3.63, 3.8) is 0 Å². The van der Waals surface area contributed by atoms with Crippen LogP contribution in [0.2, 0.25) is 0 Å². The summed E-state index contributed by atoms with van der Waals surface area (Å²) in [5.41, 5.74) is 1.22. The summed E-state index contributed by atoms with van der Waals surface area (Å²) in [6.07, 6.45) is 6.70. The molecule has 0 amide bonds. The fourth-order valence-electron chi connectivity index (χ4n) is 11.5. The minimum atomic E-state index is -5.75. The van der Waals surface area contributed by atoms with Gasteiger partial charge in [0, 0.05) is 0 Å². The monoisotopic (exact) mass is 1070 g/mol. The zero-order chi connectivity index (χ0) is 52.9. The van der Waals surface area contributed by atoms with E-state index in [4.69, 9.17) is 23.6 Å². The molecule has 0 radical (unpaired) electrons. The Bertz CT molecular complexity index is 1850. The molecular formula is C47H93N16O2P5. The molecule has 1 aromatic rings. The van der Waals surface area contributed by atoms with Gasteiger partial charge in [-0.1, -0.05) is 0 Å². The molecule has 0 N–H and O–H groups in total. The minimum absolute atomic E-state index is 0.401. The number of nitrogens with zero attached hydrogens (tertiary/aromatic N) is 16. The molecule has 4 aliphatic rings. The molecule has 0 bridgehead atoms. The van der Waals surface area contributed by atoms with E-state index in [0.717, 1.165) is 72.1 Å². The summed E-state index contributed by atoms with van der Waals surface area (Å²) in [4.78, 5) is 34.6. The Morgan fingerprint density at radius 3 is 0.800 bits per heavy atom. The number of rotatable bonds is 18. The van der Waals surface area contributed by atoms with E-state index in [1.54, 1.807) is 0 Å². The molecule has 1 aromatic carbocycles. The summed E-state index contributed by atoms with van der Waals surface area (Å²) < 4.78 is 43.4. The van der Waals surface area contributed by atoms with Crippen LogP contribution in [0.15, 0.2) is 49.4 Å². The van der Waals surface area contributed by atoms with Gasteiger partial charge in [-0.3, -0.25) is 0 Å². The Labute approximate surface area is 430 Å². The van der Waals surface area contributed by atoms with Gasteiger partial charge in [0.1, 0.15) is 0 Å². The molecule has 0 aliphatic carbocycles. The van der Waals surface area contributed by atoms with E-state index in [9.17, 15) is 0 Å². The topological polar surface area (TPSA) is 115 Å². The van der Waals surface area contributed by atoms with Crippen LogP contribution in [-0.4, -0.2) is 302 Å². The van der Waals surface area contributed by atoms with E-state index in [1.165, 1.54) is 0 Å². The SMILES string of the molecule is CN(C)P1CCC(N(C)C)(N(C)C)C1=NP(N=C1P(N(C)C)CCC1(N(C)C)N(C)C)(N=C1P(N(C)C)CCC1(N(C)C)N(C)C)(N=C1P(N(C)C)CCC1(N(C)C)N(C)C)OC(=O)c1ccccc1. The third kappa shape index (κ3) is 10.2. The van der Waals surface area contributed by atoms with E-state index < -0.39 is 68.3 Å². The predicted molar refractivity (Wildman–Crippen MR) is 309 cm³/mol. The fourth-order valence-corrected chi connectivity index (χ4v) is 27.6. The number of benzene rings is 1. The number of hydrogen-bond acceptors (Lipinski definition) is 18. The van der Waals surface area contributed by atoms with Crippen LogP contribution in [0.25, 0.3) is 0 Å². The first-order chi connectivity index (χ1) is 32.4. The van der Waals surface area contributed by atoms with Gasteiger partial charge in [-0.2, -0.15) is 0 Å². The van der Waals surface area contributed by atoms with Gasteiger partial charge < -0.3 is 0 Å². The number of carbonyl (C=O) groups excluding carboxylic acids is 1. The van der Waals surface area contributed by atoms with Crippen molar-refractivity contribution in [1.82, 2.24) is 57.9 Å². The predicted octanol–water partition coefficient (Wildman–Crippen LogP) is 6.29. The number of hydrogen-bond donors (Lipinski definition) is 0. The molecule has 0 aromatic heterocycles. The van der Waals surface area contributed by atoms with Crippen LogP contribution in [0.5, 0.6) is 0 Å². The van der Waals surface area contributed by atoms with Gasteiger partial charge in [0.2, 0.25) is 0 Å². The molecular weight excluding hydrogens is 975 g/mol. The van der Waals surface area contributed by atoms with Crippen molar-refractivity contribution in [2.45, 2.75) is 48.3 Å². The molecule has 0 spiro atoms. The Morgan fingerprint density at radius 2 is 0.614 bits per heavy atom. The standard InChI is InChI=1S/C47H93N16O2P5/c1-52(2)44(53(3)4)30-34-66(60(17)18)40(44)48-70(65-39(64)38-28-26-25-27-29-38,49-41-45(54(5)6,55(7)8)31-35-67(41)61(19)20,50-42-46(56(9)10,57(11)12)32-36-68(42)62(21)22)51-43-47(58(13)14,59(15)16)33-37-69(43)63(23)24/h25-29H,30-37H2,1-24H3. The van der Waals surface area contributed by atoms with E-state index in [-0.39, 0.29) is 0 Å². The second-order valence-electron chi connectivity index (χ2n) is 21.6. The van der Waals surface area contributed by atoms with Crippen LogP contribution >= 0.6 is 39.7 Å². The molecule has 4 unspecified atom stereocenters. The van der Waals surface area contributed by atoms with E-state index >= 15 is 4.79 Å². The molecule has 398 valence electrons. The molecule has 18 nitrogen and oxygen atoms in total. The summed E-state index contributed by atoms with van der Waals surface area (Å²) in [5.74, 6) is -0.541. The molecule has 0 saturated carbocycles. The average Bonchev–Trinajstić information content (AvgIpc) is 4.03. The van der Waals surface area contributed by atoms with E-state index in [0.29, 0.717) is 5.56 Å². The van der Waals surface area contributed by atoms with Gasteiger partial charge in [0.25, 0.3) is 0 Å². The molecule has 4 aliphatic heterocycles. The summed E-state index contributed by atoms with van der Waals surface area (Å²) in [5, 5.41) is 0. The van der Waals surface area contributed by atoms with Gasteiger partial charge in [-0.25, -0.2) is 0 Å². The van der Waals surface area contributed by atoms with Crippen molar-refractivity contribution in [2.24, 2.45) is 19.1 Å². The quantitative estimate of drug-likeness (QED) is 0.121. The summed E-state index contributed by atoms with van der Waals surface area (Å²) in [6, 6.07) is 9.41. The average molecular weight is 1070 g/mol. The second kappa shape index (κ2) is 22.3. The van der Waals surface area contributed by atoms with Gasteiger partial charge in [0.05, 0.1) is 0 Å². The first kappa shape index (κ1) is 59.9. The maximum absolute atomic E-state index is 16.2. The fraction of sp³-hybridized carbons (Fsp3) is 0.766. The van der Waals surface area contributed by atoms with Crippen LogP contribution in [0, 0.1) is 0 Å². The zero-order valence-corrected chi connectivity index (χ0v) is 52.2. The van der Waals surface area contributed by atoms with E-state index in [1.807, 2.05) is 30.3 Å². The van der Waals surface area contributed by atoms with Crippen LogP contribution in [0.3, 0.4) is 0 Å². The zero-order valence-electron chi connectivity index (χ0n) is 47.8. The molecule has 4 fully saturated rings. The van der Waals surface area contributed by atoms with Gasteiger partial charge in [0.15, 0.2) is 0 Å². The van der Waals surface area contributed by atoms with Crippen molar-refractivity contribution >= 4 is 67.5 Å². The van der Waals surface area contributed by atoms with Crippen molar-refractivity contribution in [3.8, 4) is 0 Å². The Kier molecular flexibility index (Phi) is 19.1. The summed E-state index contributed by atoms with van der Waals surface area (Å²) >= 11 is 0. The summed E-state index contributed by atoms with van der Waals surface area (Å²) in [7, 11) is 41.6. The molecule has 4 saturated heterocycles.